The first kappa shape index (κ1) is 21.1. The Morgan fingerprint density at radius 1 is 1.13 bits per heavy atom. The van der Waals surface area contributed by atoms with E-state index in [0.717, 1.165) is 5.56 Å². The molecule has 9 heteroatoms. The van der Waals surface area contributed by atoms with Crippen LogP contribution in [0, 0.1) is 5.92 Å². The SMILES string of the molecule is CC(C)C(NC(=O)c1ccccc1Cl)C(=O)Nc1nc(-c2ccc3c(c2)OCO3)cs1. The Labute approximate surface area is 188 Å². The molecule has 0 aliphatic carbocycles. The van der Waals surface area contributed by atoms with Crippen molar-refractivity contribution >= 4 is 39.9 Å². The lowest BCUT2D eigenvalue weighted by molar-refractivity contribution is -0.118. The van der Waals surface area contributed by atoms with E-state index in [9.17, 15) is 9.59 Å². The third-order valence-electron chi connectivity index (χ3n) is 4.76. The lowest BCUT2D eigenvalue weighted by Gasteiger charge is -2.21. The Balaban J connectivity index is 1.46. The van der Waals surface area contributed by atoms with Crippen LogP contribution in [-0.4, -0.2) is 29.6 Å². The summed E-state index contributed by atoms with van der Waals surface area (Å²) in [6.07, 6.45) is 0. The van der Waals surface area contributed by atoms with Crippen molar-refractivity contribution < 1.29 is 19.1 Å². The number of nitrogens with zero attached hydrogens (tertiary/aromatic N) is 1. The van der Waals surface area contributed by atoms with E-state index in [1.54, 1.807) is 24.3 Å². The zero-order chi connectivity index (χ0) is 22.0. The van der Waals surface area contributed by atoms with E-state index in [1.165, 1.54) is 11.3 Å². The Hall–Kier alpha value is -3.10. The summed E-state index contributed by atoms with van der Waals surface area (Å²) in [5, 5.41) is 8.19. The average molecular weight is 458 g/mol. The van der Waals surface area contributed by atoms with Crippen molar-refractivity contribution in [1.82, 2.24) is 10.3 Å². The minimum absolute atomic E-state index is 0.139. The smallest absolute Gasteiger partial charge is 0.253 e. The fraction of sp³-hybridized carbons (Fsp3) is 0.227. The van der Waals surface area contributed by atoms with E-state index in [4.69, 9.17) is 21.1 Å². The number of aromatic nitrogens is 1. The first-order valence-electron chi connectivity index (χ1n) is 9.64. The molecule has 1 unspecified atom stereocenters. The van der Waals surface area contributed by atoms with Crippen molar-refractivity contribution in [2.75, 3.05) is 12.1 Å². The molecule has 0 saturated heterocycles. The number of nitrogens with one attached hydrogen (secondary N) is 2. The maximum absolute atomic E-state index is 12.9. The molecule has 0 fully saturated rings. The van der Waals surface area contributed by atoms with Crippen molar-refractivity contribution in [3.8, 4) is 22.8 Å². The third-order valence-corrected chi connectivity index (χ3v) is 5.84. The molecule has 0 radical (unpaired) electrons. The molecular formula is C22H20ClN3O4S. The predicted octanol–water partition coefficient (Wildman–Crippen LogP) is 4.59. The van der Waals surface area contributed by atoms with Gasteiger partial charge in [-0.25, -0.2) is 4.98 Å². The van der Waals surface area contributed by atoms with Gasteiger partial charge >= 0.3 is 0 Å². The summed E-state index contributed by atoms with van der Waals surface area (Å²) in [7, 11) is 0. The van der Waals surface area contributed by atoms with Crippen LogP contribution >= 0.6 is 22.9 Å². The van der Waals surface area contributed by atoms with Crippen LogP contribution < -0.4 is 20.1 Å². The second-order valence-corrected chi connectivity index (χ2v) is 8.54. The third kappa shape index (κ3) is 4.65. The molecule has 2 aromatic carbocycles. The van der Waals surface area contributed by atoms with Gasteiger partial charge in [0.25, 0.3) is 5.91 Å². The maximum Gasteiger partial charge on any atom is 0.253 e. The molecule has 160 valence electrons. The van der Waals surface area contributed by atoms with E-state index in [2.05, 4.69) is 15.6 Å². The van der Waals surface area contributed by atoms with Crippen molar-refractivity contribution in [1.29, 1.82) is 0 Å². The number of carbonyl (C=O) groups excluding carboxylic acids is 2. The second-order valence-electron chi connectivity index (χ2n) is 7.27. The number of anilines is 1. The van der Waals surface area contributed by atoms with Gasteiger partial charge in [0.15, 0.2) is 16.6 Å². The van der Waals surface area contributed by atoms with Crippen LogP contribution in [0.3, 0.4) is 0 Å². The number of fused-ring (bicyclic) bond motifs is 1. The fourth-order valence-electron chi connectivity index (χ4n) is 3.10. The first-order valence-corrected chi connectivity index (χ1v) is 10.9. The molecule has 1 atom stereocenters. The topological polar surface area (TPSA) is 89.6 Å². The molecule has 2 N–H and O–H groups in total. The Morgan fingerprint density at radius 3 is 2.68 bits per heavy atom. The number of hydrogen-bond acceptors (Lipinski definition) is 6. The average Bonchev–Trinajstić information content (AvgIpc) is 3.40. The van der Waals surface area contributed by atoms with Gasteiger partial charge in [0, 0.05) is 10.9 Å². The zero-order valence-electron chi connectivity index (χ0n) is 16.8. The number of ether oxygens (including phenoxy) is 2. The van der Waals surface area contributed by atoms with Crippen molar-refractivity contribution in [2.24, 2.45) is 5.92 Å². The predicted molar refractivity (Wildman–Crippen MR) is 120 cm³/mol. The number of rotatable bonds is 6. The Morgan fingerprint density at radius 2 is 1.90 bits per heavy atom. The molecule has 3 aromatic rings. The van der Waals surface area contributed by atoms with E-state index < -0.39 is 11.9 Å². The van der Waals surface area contributed by atoms with Gasteiger partial charge in [-0.2, -0.15) is 0 Å². The molecule has 2 heterocycles. The number of benzene rings is 2. The summed E-state index contributed by atoms with van der Waals surface area (Å²) >= 11 is 7.41. The Bertz CT molecular complexity index is 1130. The molecule has 0 spiro atoms. The van der Waals surface area contributed by atoms with Crippen LogP contribution in [0.5, 0.6) is 11.5 Å². The summed E-state index contributed by atoms with van der Waals surface area (Å²) in [5.41, 5.74) is 1.88. The summed E-state index contributed by atoms with van der Waals surface area (Å²) in [5.74, 6) is 0.473. The fourth-order valence-corrected chi connectivity index (χ4v) is 4.05. The quantitative estimate of drug-likeness (QED) is 0.565. The normalized spacial score (nSPS) is 13.2. The molecule has 1 aromatic heterocycles. The minimum atomic E-state index is -0.748. The van der Waals surface area contributed by atoms with Gasteiger partial charge in [0.2, 0.25) is 12.7 Å². The molecular weight excluding hydrogens is 438 g/mol. The second kappa shape index (κ2) is 8.95. The van der Waals surface area contributed by atoms with Gasteiger partial charge < -0.3 is 20.1 Å². The lowest BCUT2D eigenvalue weighted by Crippen LogP contribution is -2.47. The summed E-state index contributed by atoms with van der Waals surface area (Å²) < 4.78 is 10.7. The van der Waals surface area contributed by atoms with Gasteiger partial charge in [-0.05, 0) is 36.2 Å². The van der Waals surface area contributed by atoms with E-state index in [0.29, 0.717) is 32.9 Å². The lowest BCUT2D eigenvalue weighted by atomic mass is 10.0. The largest absolute Gasteiger partial charge is 0.454 e. The molecule has 4 rings (SSSR count). The van der Waals surface area contributed by atoms with Crippen LogP contribution in [0.25, 0.3) is 11.3 Å². The highest BCUT2D eigenvalue weighted by molar-refractivity contribution is 7.14. The molecule has 2 amide bonds. The number of hydrogen-bond donors (Lipinski definition) is 2. The number of halogens is 1. The first-order chi connectivity index (χ1) is 14.9. The summed E-state index contributed by atoms with van der Waals surface area (Å²) in [6.45, 7) is 3.92. The van der Waals surface area contributed by atoms with Crippen LogP contribution in [-0.2, 0) is 4.79 Å². The maximum atomic E-state index is 12.9. The van der Waals surface area contributed by atoms with Crippen molar-refractivity contribution in [2.45, 2.75) is 19.9 Å². The number of thiazole rings is 1. The number of amides is 2. The highest BCUT2D eigenvalue weighted by atomic mass is 35.5. The minimum Gasteiger partial charge on any atom is -0.454 e. The van der Waals surface area contributed by atoms with Gasteiger partial charge in [-0.1, -0.05) is 37.6 Å². The van der Waals surface area contributed by atoms with Gasteiger partial charge in [-0.15, -0.1) is 11.3 Å². The highest BCUT2D eigenvalue weighted by Crippen LogP contribution is 2.36. The monoisotopic (exact) mass is 457 g/mol. The van der Waals surface area contributed by atoms with Crippen molar-refractivity contribution in [3.63, 3.8) is 0 Å². The molecule has 0 saturated carbocycles. The summed E-state index contributed by atoms with van der Waals surface area (Å²) in [4.78, 5) is 30.0. The number of carbonyl (C=O) groups is 2. The van der Waals surface area contributed by atoms with E-state index in [-0.39, 0.29) is 18.6 Å². The van der Waals surface area contributed by atoms with Gasteiger partial charge in [0.05, 0.1) is 16.3 Å². The van der Waals surface area contributed by atoms with Crippen molar-refractivity contribution in [3.05, 3.63) is 58.4 Å². The van der Waals surface area contributed by atoms with Crippen LogP contribution in [0.2, 0.25) is 5.02 Å². The highest BCUT2D eigenvalue weighted by Gasteiger charge is 2.26. The van der Waals surface area contributed by atoms with E-state index >= 15 is 0 Å². The standard InChI is InChI=1S/C22H20ClN3O4S/c1-12(2)19(25-20(27)14-5-3-4-6-15(14)23)21(28)26-22-24-16(10-31-22)13-7-8-17-18(9-13)30-11-29-17/h3-10,12,19H,11H2,1-2H3,(H,25,27)(H,24,26,28). The molecule has 0 bridgehead atoms. The van der Waals surface area contributed by atoms with Gasteiger partial charge in [0.1, 0.15) is 6.04 Å². The van der Waals surface area contributed by atoms with E-state index in [1.807, 2.05) is 37.4 Å². The molecule has 7 nitrogen and oxygen atoms in total. The Kier molecular flexibility index (Phi) is 6.11. The van der Waals surface area contributed by atoms with Crippen LogP contribution in [0.4, 0.5) is 5.13 Å². The van der Waals surface area contributed by atoms with Crippen LogP contribution in [0.15, 0.2) is 47.8 Å². The molecule has 1 aliphatic heterocycles. The summed E-state index contributed by atoms with van der Waals surface area (Å²) in [6, 6.07) is 11.5. The molecule has 31 heavy (non-hydrogen) atoms. The van der Waals surface area contributed by atoms with Crippen LogP contribution in [0.1, 0.15) is 24.2 Å². The zero-order valence-corrected chi connectivity index (χ0v) is 18.4. The molecule has 1 aliphatic rings. The van der Waals surface area contributed by atoms with Gasteiger partial charge in [-0.3, -0.25) is 9.59 Å².